The molecule has 10 heteroatoms. The standard InChI is InChI=1S/C27H22Cl2N2O6/c1-37-27(36)22(31-25(34)18-5-2-4-16(14-18)10-13-23(32)33)15-17-8-11-19(12-9-17)30-26(35)24-20(28)6-3-7-21(24)29/h2-14,22H,15H2,1H3,(H,30,35)(H,31,34)(H,32,33)/b13-10+/t22-/m0/s1. The van der Waals surface area contributed by atoms with E-state index in [1.807, 2.05) is 0 Å². The highest BCUT2D eigenvalue weighted by atomic mass is 35.5. The van der Waals surface area contributed by atoms with Crippen molar-refractivity contribution in [3.63, 3.8) is 0 Å². The third kappa shape index (κ3) is 7.67. The van der Waals surface area contributed by atoms with E-state index in [2.05, 4.69) is 10.6 Å². The number of methoxy groups -OCH3 is 1. The summed E-state index contributed by atoms with van der Waals surface area (Å²) in [4.78, 5) is 48.5. The maximum absolute atomic E-state index is 12.8. The average molecular weight is 541 g/mol. The third-order valence-corrected chi connectivity index (χ3v) is 5.83. The van der Waals surface area contributed by atoms with Crippen molar-refractivity contribution in [2.75, 3.05) is 12.4 Å². The van der Waals surface area contributed by atoms with Crippen LogP contribution in [0.25, 0.3) is 6.08 Å². The molecule has 0 bridgehead atoms. The molecule has 0 saturated heterocycles. The molecule has 1 atom stereocenters. The summed E-state index contributed by atoms with van der Waals surface area (Å²) in [6.07, 6.45) is 2.45. The van der Waals surface area contributed by atoms with Crippen LogP contribution in [0.1, 0.15) is 31.8 Å². The summed E-state index contributed by atoms with van der Waals surface area (Å²) in [6.45, 7) is 0. The van der Waals surface area contributed by atoms with Gasteiger partial charge in [-0.15, -0.1) is 0 Å². The lowest BCUT2D eigenvalue weighted by atomic mass is 10.0. The number of carboxylic acids is 1. The van der Waals surface area contributed by atoms with Gasteiger partial charge in [-0.25, -0.2) is 9.59 Å². The quantitative estimate of drug-likeness (QED) is 0.263. The molecule has 190 valence electrons. The smallest absolute Gasteiger partial charge is 0.328 e. The number of ether oxygens (including phenoxy) is 1. The first-order valence-corrected chi connectivity index (χ1v) is 11.7. The molecule has 3 aromatic carbocycles. The van der Waals surface area contributed by atoms with Crippen LogP contribution in [0, 0.1) is 0 Å². The Morgan fingerprint density at radius 3 is 2.22 bits per heavy atom. The Morgan fingerprint density at radius 2 is 1.59 bits per heavy atom. The fraction of sp³-hybridized carbons (Fsp3) is 0.111. The van der Waals surface area contributed by atoms with Gasteiger partial charge in [0.15, 0.2) is 0 Å². The number of hydrogen-bond acceptors (Lipinski definition) is 5. The molecule has 3 N–H and O–H groups in total. The third-order valence-electron chi connectivity index (χ3n) is 5.20. The van der Waals surface area contributed by atoms with Crippen LogP contribution in [0.5, 0.6) is 0 Å². The minimum atomic E-state index is -1.11. The normalized spacial score (nSPS) is 11.5. The summed E-state index contributed by atoms with van der Waals surface area (Å²) in [7, 11) is 1.22. The molecule has 0 heterocycles. The van der Waals surface area contributed by atoms with Crippen molar-refractivity contribution in [3.05, 3.63) is 105 Å². The summed E-state index contributed by atoms with van der Waals surface area (Å²) >= 11 is 12.2. The Balaban J connectivity index is 1.70. The molecule has 0 aliphatic heterocycles. The van der Waals surface area contributed by atoms with Crippen LogP contribution in [0.15, 0.2) is 72.8 Å². The highest BCUT2D eigenvalue weighted by molar-refractivity contribution is 6.40. The van der Waals surface area contributed by atoms with E-state index in [9.17, 15) is 19.2 Å². The summed E-state index contributed by atoms with van der Waals surface area (Å²) in [5.41, 5.74) is 2.10. The van der Waals surface area contributed by atoms with Crippen molar-refractivity contribution in [2.45, 2.75) is 12.5 Å². The summed E-state index contributed by atoms with van der Waals surface area (Å²) in [5.74, 6) is -2.75. The van der Waals surface area contributed by atoms with E-state index in [4.69, 9.17) is 33.0 Å². The lowest BCUT2D eigenvalue weighted by molar-refractivity contribution is -0.142. The van der Waals surface area contributed by atoms with Gasteiger partial charge >= 0.3 is 11.9 Å². The maximum Gasteiger partial charge on any atom is 0.328 e. The molecule has 3 rings (SSSR count). The first-order chi connectivity index (χ1) is 17.7. The van der Waals surface area contributed by atoms with Gasteiger partial charge in [0.1, 0.15) is 6.04 Å². The number of nitrogens with one attached hydrogen (secondary N) is 2. The van der Waals surface area contributed by atoms with Crippen LogP contribution in [-0.4, -0.2) is 42.0 Å². The monoisotopic (exact) mass is 540 g/mol. The molecule has 0 fully saturated rings. The molecule has 8 nitrogen and oxygen atoms in total. The van der Waals surface area contributed by atoms with Crippen molar-refractivity contribution in [2.24, 2.45) is 0 Å². The van der Waals surface area contributed by atoms with Gasteiger partial charge in [-0.2, -0.15) is 0 Å². The Morgan fingerprint density at radius 1 is 0.946 bits per heavy atom. The first kappa shape index (κ1) is 27.4. The number of rotatable bonds is 9. The Labute approximate surface area is 222 Å². The molecule has 0 aliphatic rings. The fourth-order valence-corrected chi connectivity index (χ4v) is 3.97. The highest BCUT2D eigenvalue weighted by Gasteiger charge is 2.23. The van der Waals surface area contributed by atoms with Crippen molar-refractivity contribution in [1.82, 2.24) is 5.32 Å². The average Bonchev–Trinajstić information content (AvgIpc) is 2.87. The zero-order chi connectivity index (χ0) is 26.9. The second-order valence-corrected chi connectivity index (χ2v) is 8.61. The minimum absolute atomic E-state index is 0.127. The number of hydrogen-bond donors (Lipinski definition) is 3. The molecule has 0 saturated carbocycles. The van der Waals surface area contributed by atoms with Gasteiger partial charge in [0.25, 0.3) is 11.8 Å². The molecule has 0 unspecified atom stereocenters. The van der Waals surface area contributed by atoms with Crippen molar-refractivity contribution in [1.29, 1.82) is 0 Å². The number of carboxylic acid groups (broad SMARTS) is 1. The zero-order valence-electron chi connectivity index (χ0n) is 19.5. The predicted octanol–water partition coefficient (Wildman–Crippen LogP) is 4.86. The molecule has 0 radical (unpaired) electrons. The summed E-state index contributed by atoms with van der Waals surface area (Å²) < 4.78 is 4.85. The van der Waals surface area contributed by atoms with Crippen molar-refractivity contribution >= 4 is 58.7 Å². The molecular formula is C27H22Cl2N2O6. The first-order valence-electron chi connectivity index (χ1n) is 10.9. The highest BCUT2D eigenvalue weighted by Crippen LogP contribution is 2.25. The van der Waals surface area contributed by atoms with E-state index in [1.54, 1.807) is 60.7 Å². The van der Waals surface area contributed by atoms with Gasteiger partial charge in [-0.3, -0.25) is 9.59 Å². The fourth-order valence-electron chi connectivity index (χ4n) is 3.40. The predicted molar refractivity (Wildman–Crippen MR) is 141 cm³/mol. The Kier molecular flexibility index (Phi) is 9.43. The van der Waals surface area contributed by atoms with Gasteiger partial charge in [0.05, 0.1) is 22.7 Å². The van der Waals surface area contributed by atoms with E-state index in [0.717, 1.165) is 6.08 Å². The Bertz CT molecular complexity index is 1340. The van der Waals surface area contributed by atoms with E-state index >= 15 is 0 Å². The molecule has 0 spiro atoms. The van der Waals surface area contributed by atoms with E-state index in [0.29, 0.717) is 16.8 Å². The van der Waals surface area contributed by atoms with Crippen molar-refractivity contribution < 1.29 is 29.0 Å². The molecule has 2 amide bonds. The summed E-state index contributed by atoms with van der Waals surface area (Å²) in [6, 6.07) is 16.8. The summed E-state index contributed by atoms with van der Waals surface area (Å²) in [5, 5.41) is 14.6. The number of carbonyl (C=O) groups excluding carboxylic acids is 3. The maximum atomic E-state index is 12.8. The van der Waals surface area contributed by atoms with Crippen LogP contribution in [0.4, 0.5) is 5.69 Å². The van der Waals surface area contributed by atoms with Gasteiger partial charge in [0, 0.05) is 23.7 Å². The largest absolute Gasteiger partial charge is 0.478 e. The number of benzene rings is 3. The molecule has 3 aromatic rings. The van der Waals surface area contributed by atoms with E-state index in [1.165, 1.54) is 19.3 Å². The SMILES string of the molecule is COC(=O)[C@H](Cc1ccc(NC(=O)c2c(Cl)cccc2Cl)cc1)NC(=O)c1cccc(/C=C/C(=O)O)c1. The van der Waals surface area contributed by atoms with Gasteiger partial charge in [-0.1, -0.05) is 53.5 Å². The molecule has 0 aliphatic carbocycles. The van der Waals surface area contributed by atoms with Crippen LogP contribution >= 0.6 is 23.2 Å². The Hall–Kier alpha value is -4.14. The lowest BCUT2D eigenvalue weighted by Crippen LogP contribution is -2.43. The van der Waals surface area contributed by atoms with Crippen LogP contribution in [0.2, 0.25) is 10.0 Å². The van der Waals surface area contributed by atoms with Gasteiger partial charge < -0.3 is 20.5 Å². The topological polar surface area (TPSA) is 122 Å². The number of anilines is 1. The van der Waals surface area contributed by atoms with Crippen molar-refractivity contribution in [3.8, 4) is 0 Å². The number of carbonyl (C=O) groups is 4. The second kappa shape index (κ2) is 12.7. The number of esters is 1. The number of halogens is 2. The minimum Gasteiger partial charge on any atom is -0.478 e. The number of amides is 2. The second-order valence-electron chi connectivity index (χ2n) is 7.80. The lowest BCUT2D eigenvalue weighted by Gasteiger charge is -2.17. The van der Waals surface area contributed by atoms with Crippen LogP contribution < -0.4 is 10.6 Å². The molecule has 37 heavy (non-hydrogen) atoms. The van der Waals surface area contributed by atoms with E-state index < -0.39 is 29.8 Å². The van der Waals surface area contributed by atoms with Crippen LogP contribution in [0.3, 0.4) is 0 Å². The molecular weight excluding hydrogens is 519 g/mol. The van der Waals surface area contributed by atoms with Gasteiger partial charge in [-0.05, 0) is 53.6 Å². The van der Waals surface area contributed by atoms with E-state index in [-0.39, 0.29) is 27.6 Å². The zero-order valence-corrected chi connectivity index (χ0v) is 21.0. The van der Waals surface area contributed by atoms with Gasteiger partial charge in [0.2, 0.25) is 0 Å². The molecule has 0 aromatic heterocycles. The van der Waals surface area contributed by atoms with Crippen LogP contribution in [-0.2, 0) is 20.7 Å². The number of aliphatic carboxylic acids is 1.